The third kappa shape index (κ3) is 4.69. The number of aliphatic imine (C=N–C) groups is 1. The quantitative estimate of drug-likeness (QED) is 0.460. The smallest absolute Gasteiger partial charge is 0.243 e. The molecule has 1 N–H and O–H groups in total. The van der Waals surface area contributed by atoms with Crippen molar-refractivity contribution in [2.45, 2.75) is 35.3 Å². The molecule has 190 valence electrons. The molecule has 1 fully saturated rings. The van der Waals surface area contributed by atoms with Crippen molar-refractivity contribution in [2.75, 3.05) is 13.1 Å². The number of halogens is 1. The van der Waals surface area contributed by atoms with E-state index in [1.807, 2.05) is 72.0 Å². The number of benzene rings is 2. The van der Waals surface area contributed by atoms with E-state index in [0.29, 0.717) is 24.5 Å². The van der Waals surface area contributed by atoms with Gasteiger partial charge < -0.3 is 5.32 Å². The minimum absolute atomic E-state index is 0.0129. The molecule has 0 bridgehead atoms. The van der Waals surface area contributed by atoms with Crippen LogP contribution >= 0.6 is 15.9 Å². The van der Waals surface area contributed by atoms with Gasteiger partial charge in [-0.15, -0.1) is 0 Å². The highest BCUT2D eigenvalue weighted by Crippen LogP contribution is 2.33. The Bertz CT molecular complexity index is 1500. The lowest BCUT2D eigenvalue weighted by atomic mass is 9.94. The van der Waals surface area contributed by atoms with E-state index >= 15 is 0 Å². The van der Waals surface area contributed by atoms with Gasteiger partial charge in [-0.3, -0.25) is 9.98 Å². The molecule has 37 heavy (non-hydrogen) atoms. The van der Waals surface area contributed by atoms with Crippen molar-refractivity contribution in [3.05, 3.63) is 84.3 Å². The fourth-order valence-corrected chi connectivity index (χ4v) is 7.38. The number of alkyl halides is 1. The molecule has 3 aromatic rings. The van der Waals surface area contributed by atoms with E-state index < -0.39 is 10.0 Å². The van der Waals surface area contributed by atoms with Gasteiger partial charge in [0.25, 0.3) is 0 Å². The molecule has 0 radical (unpaired) electrons. The SMILES string of the molecule is O=S(=O)(c1cccc2ccccc12)N1CCCC(C2=CC(=NCc3cccnc3)N3N=C[C@H](Br)C3N2)C1. The first kappa shape index (κ1) is 24.3. The highest BCUT2D eigenvalue weighted by Gasteiger charge is 2.39. The van der Waals surface area contributed by atoms with Gasteiger partial charge in [-0.1, -0.05) is 58.4 Å². The first-order valence-electron chi connectivity index (χ1n) is 12.4. The summed E-state index contributed by atoms with van der Waals surface area (Å²) in [6.45, 7) is 1.42. The number of piperidine rings is 1. The van der Waals surface area contributed by atoms with Crippen molar-refractivity contribution < 1.29 is 8.42 Å². The van der Waals surface area contributed by atoms with Gasteiger partial charge in [0, 0.05) is 54.8 Å². The van der Waals surface area contributed by atoms with Crippen LogP contribution in [0.3, 0.4) is 0 Å². The summed E-state index contributed by atoms with van der Waals surface area (Å²) in [4.78, 5) is 9.41. The van der Waals surface area contributed by atoms with Crippen molar-refractivity contribution in [1.82, 2.24) is 19.6 Å². The Morgan fingerprint density at radius 3 is 2.84 bits per heavy atom. The Kier molecular flexibility index (Phi) is 6.56. The van der Waals surface area contributed by atoms with Gasteiger partial charge in [0.1, 0.15) is 12.0 Å². The molecule has 3 aliphatic heterocycles. The fraction of sp³-hybridized carbons (Fsp3) is 0.296. The summed E-state index contributed by atoms with van der Waals surface area (Å²) in [6.07, 6.45) is 9.01. The molecule has 3 aliphatic rings. The third-order valence-electron chi connectivity index (χ3n) is 7.07. The van der Waals surface area contributed by atoms with Crippen LogP contribution in [-0.4, -0.2) is 58.8 Å². The second kappa shape index (κ2) is 10.00. The standard InChI is InChI=1S/C27H27BrN6O2S/c28-23-17-31-34-26(30-16-19-6-4-12-29-15-19)14-24(32-27(23)34)21-9-5-13-33(18-21)37(35,36)25-11-3-8-20-7-1-2-10-22(20)25/h1-4,6-8,10-12,14-15,17,21,23,27,32H,5,9,13,16,18H2/t21?,23-,27?/m0/s1. The molecule has 0 aliphatic carbocycles. The molecule has 6 rings (SSSR count). The maximum absolute atomic E-state index is 13.8. The van der Waals surface area contributed by atoms with Crippen molar-refractivity contribution in [1.29, 1.82) is 0 Å². The maximum atomic E-state index is 13.8. The summed E-state index contributed by atoms with van der Waals surface area (Å²) in [5.74, 6) is 0.791. The Morgan fingerprint density at radius 1 is 1.11 bits per heavy atom. The lowest BCUT2D eigenvalue weighted by Gasteiger charge is -2.39. The third-order valence-corrected chi connectivity index (χ3v) is 9.73. The van der Waals surface area contributed by atoms with Gasteiger partial charge in [0.15, 0.2) is 0 Å². The number of rotatable bonds is 5. The van der Waals surface area contributed by atoms with E-state index in [1.54, 1.807) is 16.6 Å². The molecule has 1 saturated heterocycles. The molecule has 4 heterocycles. The minimum Gasteiger partial charge on any atom is -0.365 e. The molecule has 2 unspecified atom stereocenters. The van der Waals surface area contributed by atoms with E-state index in [0.717, 1.165) is 40.7 Å². The van der Waals surface area contributed by atoms with Crippen molar-refractivity contribution in [3.63, 3.8) is 0 Å². The number of nitrogens with one attached hydrogen (secondary N) is 1. The molecular formula is C27H27BrN6O2S. The summed E-state index contributed by atoms with van der Waals surface area (Å²) >= 11 is 3.70. The number of fused-ring (bicyclic) bond motifs is 2. The van der Waals surface area contributed by atoms with Crippen LogP contribution in [0.2, 0.25) is 0 Å². The number of pyridine rings is 1. The van der Waals surface area contributed by atoms with E-state index in [4.69, 9.17) is 4.99 Å². The second-order valence-electron chi connectivity index (χ2n) is 9.46. The number of amidine groups is 1. The minimum atomic E-state index is -3.65. The van der Waals surface area contributed by atoms with Crippen LogP contribution in [0, 0.1) is 5.92 Å². The number of hydrogen-bond donors (Lipinski definition) is 1. The van der Waals surface area contributed by atoms with Crippen LogP contribution in [0.4, 0.5) is 0 Å². The van der Waals surface area contributed by atoms with Crippen molar-refractivity contribution in [2.24, 2.45) is 16.0 Å². The number of nitrogens with zero attached hydrogens (tertiary/aromatic N) is 5. The number of sulfonamides is 1. The van der Waals surface area contributed by atoms with Crippen LogP contribution < -0.4 is 5.32 Å². The van der Waals surface area contributed by atoms with Gasteiger partial charge in [-0.05, 0) is 35.9 Å². The molecular weight excluding hydrogens is 552 g/mol. The Hall–Kier alpha value is -3.08. The molecule has 0 spiro atoms. The van der Waals surface area contributed by atoms with Crippen LogP contribution in [-0.2, 0) is 16.6 Å². The van der Waals surface area contributed by atoms with Crippen LogP contribution in [0.5, 0.6) is 0 Å². The molecule has 0 saturated carbocycles. The van der Waals surface area contributed by atoms with Gasteiger partial charge in [-0.25, -0.2) is 13.4 Å². The predicted octanol–water partition coefficient (Wildman–Crippen LogP) is 4.11. The average molecular weight is 580 g/mol. The second-order valence-corrected chi connectivity index (χ2v) is 12.4. The lowest BCUT2D eigenvalue weighted by Crippen LogP contribution is -2.53. The lowest BCUT2D eigenvalue weighted by molar-refractivity contribution is 0.256. The molecule has 0 amide bonds. The zero-order valence-corrected chi connectivity index (χ0v) is 22.5. The van der Waals surface area contributed by atoms with Gasteiger partial charge in [0.05, 0.1) is 16.3 Å². The molecule has 2 aromatic carbocycles. The van der Waals surface area contributed by atoms with Gasteiger partial charge in [0.2, 0.25) is 10.0 Å². The Morgan fingerprint density at radius 2 is 1.97 bits per heavy atom. The topological polar surface area (TPSA) is 90.3 Å². The van der Waals surface area contributed by atoms with Crippen molar-refractivity contribution in [3.8, 4) is 0 Å². The number of hydrazone groups is 1. The largest absolute Gasteiger partial charge is 0.365 e. The first-order valence-corrected chi connectivity index (χ1v) is 14.7. The number of aromatic nitrogens is 1. The first-order chi connectivity index (χ1) is 18.0. The zero-order valence-electron chi connectivity index (χ0n) is 20.1. The van der Waals surface area contributed by atoms with E-state index in [-0.39, 0.29) is 16.9 Å². The fourth-order valence-electron chi connectivity index (χ4n) is 5.18. The Labute approximate surface area is 225 Å². The van der Waals surface area contributed by atoms with Gasteiger partial charge in [-0.2, -0.15) is 9.41 Å². The molecule has 1 aromatic heterocycles. The summed E-state index contributed by atoms with van der Waals surface area (Å²) in [7, 11) is -3.65. The zero-order chi connectivity index (χ0) is 25.4. The van der Waals surface area contributed by atoms with Crippen molar-refractivity contribution >= 4 is 48.8 Å². The summed E-state index contributed by atoms with van der Waals surface area (Å²) in [5, 5.41) is 11.7. The van der Waals surface area contributed by atoms with Crippen LogP contribution in [0.25, 0.3) is 10.8 Å². The summed E-state index contributed by atoms with van der Waals surface area (Å²) in [5.41, 5.74) is 2.02. The summed E-state index contributed by atoms with van der Waals surface area (Å²) < 4.78 is 29.3. The van der Waals surface area contributed by atoms with Crippen LogP contribution in [0.15, 0.2) is 93.8 Å². The summed E-state index contributed by atoms with van der Waals surface area (Å²) in [6, 6.07) is 17.0. The highest BCUT2D eigenvalue weighted by molar-refractivity contribution is 9.10. The monoisotopic (exact) mass is 578 g/mol. The Balaban J connectivity index is 1.29. The predicted molar refractivity (Wildman–Crippen MR) is 149 cm³/mol. The van der Waals surface area contributed by atoms with E-state index in [2.05, 4.69) is 31.3 Å². The highest BCUT2D eigenvalue weighted by atomic mass is 79.9. The molecule has 8 nitrogen and oxygen atoms in total. The van der Waals surface area contributed by atoms with Gasteiger partial charge >= 0.3 is 0 Å². The van der Waals surface area contributed by atoms with E-state index in [1.165, 1.54) is 0 Å². The normalized spacial score (nSPS) is 25.2. The van der Waals surface area contributed by atoms with E-state index in [9.17, 15) is 8.42 Å². The average Bonchev–Trinajstić information content (AvgIpc) is 3.32. The molecule has 3 atom stereocenters. The van der Waals surface area contributed by atoms with Crippen LogP contribution in [0.1, 0.15) is 18.4 Å². The maximum Gasteiger partial charge on any atom is 0.243 e. The number of hydrogen-bond acceptors (Lipinski definition) is 6. The molecule has 10 heteroatoms.